The predicted molar refractivity (Wildman–Crippen MR) is 92.4 cm³/mol. The second kappa shape index (κ2) is 6.20. The van der Waals surface area contributed by atoms with Crippen LogP contribution in [-0.2, 0) is 0 Å². The zero-order valence-electron chi connectivity index (χ0n) is 12.7. The zero-order chi connectivity index (χ0) is 15.6. The van der Waals surface area contributed by atoms with Gasteiger partial charge in [-0.1, -0.05) is 29.8 Å². The van der Waals surface area contributed by atoms with Crippen LogP contribution in [0.25, 0.3) is 10.9 Å². The van der Waals surface area contributed by atoms with Crippen LogP contribution in [0.5, 0.6) is 0 Å². The van der Waals surface area contributed by atoms with Gasteiger partial charge < -0.3 is 16.2 Å². The zero-order valence-corrected chi connectivity index (χ0v) is 14.2. The summed E-state index contributed by atoms with van der Waals surface area (Å²) in [6.45, 7) is 6.49. The van der Waals surface area contributed by atoms with E-state index in [4.69, 9.17) is 5.73 Å². The lowest BCUT2D eigenvalue weighted by atomic mass is 9.94. The fourth-order valence-electron chi connectivity index (χ4n) is 2.61. The molecule has 0 aliphatic heterocycles. The molecule has 4 nitrogen and oxygen atoms in total. The van der Waals surface area contributed by atoms with Gasteiger partial charge in [-0.15, -0.1) is 0 Å². The summed E-state index contributed by atoms with van der Waals surface area (Å²) >= 11 is 3.47. The summed E-state index contributed by atoms with van der Waals surface area (Å²) in [5.74, 6) is 0.433. The van der Waals surface area contributed by atoms with Crippen molar-refractivity contribution >= 4 is 38.2 Å². The van der Waals surface area contributed by atoms with Crippen LogP contribution in [-0.4, -0.2) is 22.2 Å². The Labute approximate surface area is 133 Å². The summed E-state index contributed by atoms with van der Waals surface area (Å²) in [5, 5.41) is 14.7. The standard InChI is InChI=1S/C16H22BrN3O/c1-10(2)7-16(3,21)9-20-15-12-6-11(17)4-5-14(12)19-8-13(15)18/h4-6,8,10,21H,7,9,18H2,1-3H3,(H,19,20). The van der Waals surface area contributed by atoms with Crippen LogP contribution < -0.4 is 11.1 Å². The van der Waals surface area contributed by atoms with Crippen molar-refractivity contribution < 1.29 is 5.11 Å². The highest BCUT2D eigenvalue weighted by Gasteiger charge is 2.22. The van der Waals surface area contributed by atoms with Gasteiger partial charge in [0.25, 0.3) is 0 Å². The van der Waals surface area contributed by atoms with E-state index in [-0.39, 0.29) is 0 Å². The van der Waals surface area contributed by atoms with Gasteiger partial charge >= 0.3 is 0 Å². The van der Waals surface area contributed by atoms with Crippen molar-refractivity contribution in [3.05, 3.63) is 28.9 Å². The predicted octanol–water partition coefficient (Wildman–Crippen LogP) is 3.79. The highest BCUT2D eigenvalue weighted by atomic mass is 79.9. The van der Waals surface area contributed by atoms with E-state index in [1.807, 2.05) is 25.1 Å². The van der Waals surface area contributed by atoms with Crippen LogP contribution in [0.3, 0.4) is 0 Å². The highest BCUT2D eigenvalue weighted by molar-refractivity contribution is 9.10. The number of benzene rings is 1. The molecular formula is C16H22BrN3O. The SMILES string of the molecule is CC(C)CC(C)(O)CNc1c(N)cnc2ccc(Br)cc12. The first-order valence-electron chi connectivity index (χ1n) is 7.08. The van der Waals surface area contributed by atoms with Crippen molar-refractivity contribution in [3.8, 4) is 0 Å². The van der Waals surface area contributed by atoms with Crippen LogP contribution in [0.15, 0.2) is 28.9 Å². The molecular weight excluding hydrogens is 330 g/mol. The molecule has 1 atom stereocenters. The van der Waals surface area contributed by atoms with Crippen LogP contribution in [0.4, 0.5) is 11.4 Å². The Morgan fingerprint density at radius 1 is 1.43 bits per heavy atom. The molecule has 0 saturated carbocycles. The minimum absolute atomic E-state index is 0.433. The third-order valence-corrected chi connectivity index (χ3v) is 3.85. The molecule has 0 saturated heterocycles. The summed E-state index contributed by atoms with van der Waals surface area (Å²) in [6, 6.07) is 5.87. The molecule has 0 aliphatic rings. The first-order valence-corrected chi connectivity index (χ1v) is 7.88. The largest absolute Gasteiger partial charge is 0.396 e. The van der Waals surface area contributed by atoms with E-state index in [0.717, 1.165) is 27.5 Å². The lowest BCUT2D eigenvalue weighted by molar-refractivity contribution is 0.0516. The van der Waals surface area contributed by atoms with Gasteiger partial charge in [0.2, 0.25) is 0 Å². The number of hydrogen-bond acceptors (Lipinski definition) is 4. The fourth-order valence-corrected chi connectivity index (χ4v) is 2.97. The number of rotatable bonds is 5. The maximum Gasteiger partial charge on any atom is 0.0793 e. The molecule has 114 valence electrons. The Bertz CT molecular complexity index is 635. The molecule has 4 N–H and O–H groups in total. The molecule has 1 unspecified atom stereocenters. The number of nitrogens with zero attached hydrogens (tertiary/aromatic N) is 1. The number of fused-ring (bicyclic) bond motifs is 1. The summed E-state index contributed by atoms with van der Waals surface area (Å²) < 4.78 is 0.972. The Kier molecular flexibility index (Phi) is 4.74. The quantitative estimate of drug-likeness (QED) is 0.766. The van der Waals surface area contributed by atoms with Crippen molar-refractivity contribution in [1.82, 2.24) is 4.98 Å². The lowest BCUT2D eigenvalue weighted by Gasteiger charge is -2.26. The van der Waals surface area contributed by atoms with E-state index in [0.29, 0.717) is 18.2 Å². The van der Waals surface area contributed by atoms with E-state index in [1.54, 1.807) is 6.20 Å². The molecule has 21 heavy (non-hydrogen) atoms. The number of hydrogen-bond donors (Lipinski definition) is 3. The van der Waals surface area contributed by atoms with Gasteiger partial charge in [0.15, 0.2) is 0 Å². The number of pyridine rings is 1. The Balaban J connectivity index is 2.29. The number of halogens is 1. The van der Waals surface area contributed by atoms with Crippen LogP contribution in [0, 0.1) is 5.92 Å². The highest BCUT2D eigenvalue weighted by Crippen LogP contribution is 2.30. The van der Waals surface area contributed by atoms with Crippen molar-refractivity contribution in [2.45, 2.75) is 32.8 Å². The van der Waals surface area contributed by atoms with Gasteiger partial charge in [0.05, 0.1) is 28.7 Å². The molecule has 0 radical (unpaired) electrons. The fraction of sp³-hybridized carbons (Fsp3) is 0.438. The van der Waals surface area contributed by atoms with E-state index in [1.165, 1.54) is 0 Å². The number of nitrogens with one attached hydrogen (secondary N) is 1. The maximum absolute atomic E-state index is 10.4. The Morgan fingerprint density at radius 3 is 2.81 bits per heavy atom. The molecule has 0 amide bonds. The summed E-state index contributed by atoms with van der Waals surface area (Å²) in [4.78, 5) is 4.33. The average Bonchev–Trinajstić information content (AvgIpc) is 2.35. The van der Waals surface area contributed by atoms with E-state index < -0.39 is 5.60 Å². The van der Waals surface area contributed by atoms with Gasteiger partial charge in [-0.25, -0.2) is 0 Å². The normalized spacial score (nSPS) is 14.4. The molecule has 2 aromatic rings. The first-order chi connectivity index (χ1) is 9.78. The van der Waals surface area contributed by atoms with Crippen LogP contribution in [0.2, 0.25) is 0 Å². The van der Waals surface area contributed by atoms with Gasteiger partial charge in [0.1, 0.15) is 0 Å². The Hall–Kier alpha value is -1.33. The molecule has 1 aromatic heterocycles. The van der Waals surface area contributed by atoms with Crippen molar-refractivity contribution in [2.24, 2.45) is 5.92 Å². The van der Waals surface area contributed by atoms with Gasteiger partial charge in [-0.05, 0) is 37.5 Å². The Morgan fingerprint density at radius 2 is 2.14 bits per heavy atom. The van der Waals surface area contributed by atoms with E-state index in [9.17, 15) is 5.11 Å². The first kappa shape index (κ1) is 16.0. The van der Waals surface area contributed by atoms with Gasteiger partial charge in [-0.2, -0.15) is 0 Å². The minimum Gasteiger partial charge on any atom is -0.396 e. The molecule has 1 aromatic carbocycles. The van der Waals surface area contributed by atoms with Gasteiger partial charge in [0, 0.05) is 16.4 Å². The monoisotopic (exact) mass is 351 g/mol. The number of nitrogen functional groups attached to an aromatic ring is 1. The van der Waals surface area contributed by atoms with E-state index >= 15 is 0 Å². The maximum atomic E-state index is 10.4. The summed E-state index contributed by atoms with van der Waals surface area (Å²) in [7, 11) is 0. The number of aliphatic hydroxyl groups is 1. The number of nitrogens with two attached hydrogens (primary N) is 1. The third-order valence-electron chi connectivity index (χ3n) is 3.35. The molecule has 0 fully saturated rings. The second-order valence-electron chi connectivity index (χ2n) is 6.20. The topological polar surface area (TPSA) is 71.2 Å². The molecule has 0 spiro atoms. The summed E-state index contributed by atoms with van der Waals surface area (Å²) in [6.07, 6.45) is 2.38. The smallest absolute Gasteiger partial charge is 0.0793 e. The van der Waals surface area contributed by atoms with E-state index in [2.05, 4.69) is 40.1 Å². The van der Waals surface area contributed by atoms with Crippen molar-refractivity contribution in [3.63, 3.8) is 0 Å². The van der Waals surface area contributed by atoms with Crippen molar-refractivity contribution in [1.29, 1.82) is 0 Å². The molecule has 0 aliphatic carbocycles. The van der Waals surface area contributed by atoms with Gasteiger partial charge in [-0.3, -0.25) is 4.98 Å². The number of aromatic nitrogens is 1. The summed E-state index contributed by atoms with van der Waals surface area (Å²) in [5.41, 5.74) is 7.55. The lowest BCUT2D eigenvalue weighted by Crippen LogP contribution is -2.35. The number of anilines is 2. The second-order valence-corrected chi connectivity index (χ2v) is 7.11. The van der Waals surface area contributed by atoms with Crippen LogP contribution in [0.1, 0.15) is 27.2 Å². The third kappa shape index (κ3) is 4.08. The van der Waals surface area contributed by atoms with Crippen molar-refractivity contribution in [2.75, 3.05) is 17.6 Å². The molecule has 1 heterocycles. The minimum atomic E-state index is -0.776. The van der Waals surface area contributed by atoms with Crippen LogP contribution >= 0.6 is 15.9 Å². The molecule has 0 bridgehead atoms. The molecule has 5 heteroatoms. The average molecular weight is 352 g/mol. The molecule has 2 rings (SSSR count).